The highest BCUT2D eigenvalue weighted by atomic mass is 127. The molecule has 1 saturated carbocycles. The van der Waals surface area contributed by atoms with Gasteiger partial charge in [0.2, 0.25) is 0 Å². The minimum absolute atomic E-state index is 0. The second-order valence-corrected chi connectivity index (χ2v) is 7.06. The highest BCUT2D eigenvalue weighted by Crippen LogP contribution is 2.27. The normalized spacial score (nSPS) is 15.3. The van der Waals surface area contributed by atoms with Crippen LogP contribution in [0.1, 0.15) is 32.3 Å². The van der Waals surface area contributed by atoms with Crippen LogP contribution in [0.4, 0.5) is 0 Å². The molecule has 118 valence electrons. The Morgan fingerprint density at radius 1 is 1.24 bits per heavy atom. The highest BCUT2D eigenvalue weighted by Gasteiger charge is 2.23. The van der Waals surface area contributed by atoms with Gasteiger partial charge in [0.05, 0.1) is 0 Å². The van der Waals surface area contributed by atoms with Crippen molar-refractivity contribution in [1.82, 2.24) is 10.6 Å². The van der Waals surface area contributed by atoms with Crippen molar-refractivity contribution in [2.45, 2.75) is 32.1 Å². The van der Waals surface area contributed by atoms with Gasteiger partial charge in [-0.1, -0.05) is 41.9 Å². The summed E-state index contributed by atoms with van der Waals surface area (Å²) in [6.07, 6.45) is 2.71. The number of guanidine groups is 1. The molecule has 0 amide bonds. The summed E-state index contributed by atoms with van der Waals surface area (Å²) < 4.78 is 1.12. The molecule has 1 aromatic carbocycles. The van der Waals surface area contributed by atoms with E-state index in [9.17, 15) is 0 Å². The fourth-order valence-electron chi connectivity index (χ4n) is 2.09. The predicted molar refractivity (Wildman–Crippen MR) is 105 cm³/mol. The fourth-order valence-corrected chi connectivity index (χ4v) is 2.36. The summed E-state index contributed by atoms with van der Waals surface area (Å²) in [5.74, 6) is 1.76. The minimum Gasteiger partial charge on any atom is -0.356 e. The molecule has 1 aliphatic rings. The SMILES string of the molecule is CN=C(NCC1CC1)NCC(C)(C)c1ccc(Br)cc1.I. The van der Waals surface area contributed by atoms with Crippen molar-refractivity contribution < 1.29 is 0 Å². The van der Waals surface area contributed by atoms with E-state index in [1.165, 1.54) is 18.4 Å². The third kappa shape index (κ3) is 6.14. The molecule has 2 N–H and O–H groups in total. The monoisotopic (exact) mass is 465 g/mol. The lowest BCUT2D eigenvalue weighted by Gasteiger charge is -2.27. The first kappa shape index (κ1) is 18.7. The number of halogens is 2. The Morgan fingerprint density at radius 2 is 1.86 bits per heavy atom. The maximum Gasteiger partial charge on any atom is 0.191 e. The molecule has 5 heteroatoms. The van der Waals surface area contributed by atoms with Gasteiger partial charge in [-0.3, -0.25) is 4.99 Å². The van der Waals surface area contributed by atoms with E-state index in [1.54, 1.807) is 0 Å². The van der Waals surface area contributed by atoms with E-state index < -0.39 is 0 Å². The zero-order chi connectivity index (χ0) is 14.6. The number of nitrogens with zero attached hydrogens (tertiary/aromatic N) is 1. The Balaban J connectivity index is 0.00000220. The van der Waals surface area contributed by atoms with Crippen LogP contribution in [0.25, 0.3) is 0 Å². The number of nitrogens with one attached hydrogen (secondary N) is 2. The Morgan fingerprint density at radius 3 is 2.38 bits per heavy atom. The molecule has 3 nitrogen and oxygen atoms in total. The van der Waals surface area contributed by atoms with Gasteiger partial charge < -0.3 is 10.6 Å². The lowest BCUT2D eigenvalue weighted by atomic mass is 9.85. The molecular weight excluding hydrogens is 441 g/mol. The lowest BCUT2D eigenvalue weighted by Crippen LogP contribution is -2.44. The summed E-state index contributed by atoms with van der Waals surface area (Å²) >= 11 is 3.48. The zero-order valence-corrected chi connectivity index (χ0v) is 16.9. The van der Waals surface area contributed by atoms with Crippen molar-refractivity contribution in [3.63, 3.8) is 0 Å². The van der Waals surface area contributed by atoms with Crippen LogP contribution in [0.3, 0.4) is 0 Å². The van der Waals surface area contributed by atoms with Crippen molar-refractivity contribution in [2.75, 3.05) is 20.1 Å². The van der Waals surface area contributed by atoms with Gasteiger partial charge in [0.15, 0.2) is 5.96 Å². The van der Waals surface area contributed by atoms with Gasteiger partial charge in [0.1, 0.15) is 0 Å². The van der Waals surface area contributed by atoms with Crippen LogP contribution in [-0.2, 0) is 5.41 Å². The molecule has 1 aliphatic carbocycles. The van der Waals surface area contributed by atoms with Gasteiger partial charge in [0.25, 0.3) is 0 Å². The number of aliphatic imine (C=N–C) groups is 1. The molecule has 0 spiro atoms. The Labute approximate surface area is 153 Å². The summed E-state index contributed by atoms with van der Waals surface area (Å²) in [4.78, 5) is 4.29. The third-order valence-electron chi connectivity index (χ3n) is 3.80. The number of benzene rings is 1. The average molecular weight is 466 g/mol. The maximum atomic E-state index is 4.29. The van der Waals surface area contributed by atoms with Gasteiger partial charge in [-0.05, 0) is 36.5 Å². The Hall–Kier alpha value is -0.300. The second kappa shape index (κ2) is 8.36. The van der Waals surface area contributed by atoms with Gasteiger partial charge in [-0.15, -0.1) is 24.0 Å². The molecular formula is C16H25BrIN3. The number of hydrogen-bond acceptors (Lipinski definition) is 1. The van der Waals surface area contributed by atoms with Gasteiger partial charge >= 0.3 is 0 Å². The third-order valence-corrected chi connectivity index (χ3v) is 4.33. The molecule has 2 rings (SSSR count). The molecule has 0 heterocycles. The second-order valence-electron chi connectivity index (χ2n) is 6.14. The molecule has 0 saturated heterocycles. The topological polar surface area (TPSA) is 36.4 Å². The Bertz CT molecular complexity index is 467. The van der Waals surface area contributed by atoms with E-state index >= 15 is 0 Å². The van der Waals surface area contributed by atoms with Crippen LogP contribution >= 0.6 is 39.9 Å². The van der Waals surface area contributed by atoms with Crippen LogP contribution in [0, 0.1) is 5.92 Å². The van der Waals surface area contributed by atoms with E-state index in [0.29, 0.717) is 0 Å². The van der Waals surface area contributed by atoms with Crippen LogP contribution in [0.2, 0.25) is 0 Å². The predicted octanol–water partition coefficient (Wildman–Crippen LogP) is 3.92. The molecule has 1 aromatic rings. The first-order valence-corrected chi connectivity index (χ1v) is 8.01. The summed E-state index contributed by atoms with van der Waals surface area (Å²) in [6.45, 7) is 6.40. The van der Waals surface area contributed by atoms with E-state index in [1.807, 2.05) is 7.05 Å². The number of hydrogen-bond donors (Lipinski definition) is 2. The molecule has 1 fully saturated rings. The standard InChI is InChI=1S/C16H24BrN3.HI/c1-16(2,13-6-8-14(17)9-7-13)11-20-15(18-3)19-10-12-4-5-12;/h6-9,12H,4-5,10-11H2,1-3H3,(H2,18,19,20);1H. The molecule has 21 heavy (non-hydrogen) atoms. The van der Waals surface area contributed by atoms with E-state index in [2.05, 4.69) is 69.7 Å². The summed E-state index contributed by atoms with van der Waals surface area (Å²) in [5.41, 5.74) is 1.39. The van der Waals surface area contributed by atoms with E-state index in [0.717, 1.165) is 29.4 Å². The molecule has 0 aliphatic heterocycles. The smallest absolute Gasteiger partial charge is 0.191 e. The summed E-state index contributed by atoms with van der Waals surface area (Å²) in [6, 6.07) is 8.53. The van der Waals surface area contributed by atoms with Crippen molar-refractivity contribution in [3.05, 3.63) is 34.3 Å². The largest absolute Gasteiger partial charge is 0.356 e. The van der Waals surface area contributed by atoms with E-state index in [4.69, 9.17) is 0 Å². The maximum absolute atomic E-state index is 4.29. The minimum atomic E-state index is 0. The van der Waals surface area contributed by atoms with Crippen molar-refractivity contribution >= 4 is 45.9 Å². The lowest BCUT2D eigenvalue weighted by molar-refractivity contribution is 0.508. The quantitative estimate of drug-likeness (QED) is 0.392. The zero-order valence-electron chi connectivity index (χ0n) is 12.9. The van der Waals surface area contributed by atoms with Crippen LogP contribution < -0.4 is 10.6 Å². The molecule has 0 atom stereocenters. The average Bonchev–Trinajstić information content (AvgIpc) is 3.23. The molecule has 0 aromatic heterocycles. The first-order valence-electron chi connectivity index (χ1n) is 7.22. The van der Waals surface area contributed by atoms with Crippen molar-refractivity contribution in [3.8, 4) is 0 Å². The number of rotatable bonds is 5. The highest BCUT2D eigenvalue weighted by molar-refractivity contribution is 14.0. The van der Waals surface area contributed by atoms with Crippen molar-refractivity contribution in [2.24, 2.45) is 10.9 Å². The van der Waals surface area contributed by atoms with Gasteiger partial charge in [0, 0.05) is 30.0 Å². The molecule has 0 unspecified atom stereocenters. The van der Waals surface area contributed by atoms with Crippen LogP contribution in [-0.4, -0.2) is 26.1 Å². The van der Waals surface area contributed by atoms with E-state index in [-0.39, 0.29) is 29.4 Å². The molecule has 0 bridgehead atoms. The van der Waals surface area contributed by atoms with Gasteiger partial charge in [-0.25, -0.2) is 0 Å². The first-order chi connectivity index (χ1) is 9.51. The van der Waals surface area contributed by atoms with Crippen molar-refractivity contribution in [1.29, 1.82) is 0 Å². The summed E-state index contributed by atoms with van der Waals surface area (Å²) in [7, 11) is 1.83. The molecule has 0 radical (unpaired) electrons. The summed E-state index contributed by atoms with van der Waals surface area (Å²) in [5, 5.41) is 6.83. The van der Waals surface area contributed by atoms with Crippen LogP contribution in [0.15, 0.2) is 33.7 Å². The fraction of sp³-hybridized carbons (Fsp3) is 0.562. The Kier molecular flexibility index (Phi) is 7.47. The van der Waals surface area contributed by atoms with Gasteiger partial charge in [-0.2, -0.15) is 0 Å². The van der Waals surface area contributed by atoms with Crippen LogP contribution in [0.5, 0.6) is 0 Å².